The van der Waals surface area contributed by atoms with E-state index in [9.17, 15) is 13.6 Å². The first-order valence-corrected chi connectivity index (χ1v) is 9.96. The smallest absolute Gasteiger partial charge is 0.254 e. The maximum atomic E-state index is 14.5. The molecule has 1 saturated heterocycles. The molecule has 2 aromatic carbocycles. The molecular weight excluding hydrogens is 388 g/mol. The molecule has 1 aromatic heterocycles. The lowest BCUT2D eigenvalue weighted by molar-refractivity contribution is 0.0642. The zero-order valence-corrected chi connectivity index (χ0v) is 16.7. The summed E-state index contributed by atoms with van der Waals surface area (Å²) in [6, 6.07) is 10.4. The van der Waals surface area contributed by atoms with Crippen molar-refractivity contribution in [2.24, 2.45) is 7.05 Å². The first-order valence-electron chi connectivity index (χ1n) is 9.96. The number of hydrogen-bond donors (Lipinski definition) is 0. The molecule has 7 heteroatoms. The molecule has 3 heterocycles. The van der Waals surface area contributed by atoms with E-state index >= 15 is 0 Å². The first-order chi connectivity index (χ1) is 14.5. The number of halogens is 2. The molecule has 0 aliphatic carbocycles. The van der Waals surface area contributed by atoms with Gasteiger partial charge in [0.15, 0.2) is 0 Å². The van der Waals surface area contributed by atoms with Crippen molar-refractivity contribution in [3.63, 3.8) is 0 Å². The summed E-state index contributed by atoms with van der Waals surface area (Å²) in [5.41, 5.74) is 3.05. The molecule has 0 radical (unpaired) electrons. The number of amides is 1. The molecule has 1 fully saturated rings. The molecule has 3 aromatic rings. The van der Waals surface area contributed by atoms with Gasteiger partial charge >= 0.3 is 0 Å². The zero-order chi connectivity index (χ0) is 21.0. The molecule has 2 aliphatic heterocycles. The van der Waals surface area contributed by atoms with E-state index in [1.807, 2.05) is 4.90 Å². The molecular formula is C23H21F2N3O2. The topological polar surface area (TPSA) is 47.4 Å². The maximum absolute atomic E-state index is 14.5. The van der Waals surface area contributed by atoms with Crippen LogP contribution in [0.1, 0.15) is 40.5 Å². The van der Waals surface area contributed by atoms with Crippen LogP contribution in [-0.4, -0.2) is 33.7 Å². The Hall–Kier alpha value is -3.22. The minimum atomic E-state index is -0.491. The van der Waals surface area contributed by atoms with Crippen molar-refractivity contribution >= 4 is 5.91 Å². The average molecular weight is 409 g/mol. The lowest BCUT2D eigenvalue weighted by Gasteiger charge is -2.34. The third kappa shape index (κ3) is 2.80. The van der Waals surface area contributed by atoms with Gasteiger partial charge in [-0.3, -0.25) is 9.48 Å². The van der Waals surface area contributed by atoms with Gasteiger partial charge in [0, 0.05) is 29.8 Å². The van der Waals surface area contributed by atoms with Gasteiger partial charge in [0.1, 0.15) is 17.4 Å². The van der Waals surface area contributed by atoms with E-state index in [1.54, 1.807) is 43.1 Å². The summed E-state index contributed by atoms with van der Waals surface area (Å²) >= 11 is 0. The molecule has 30 heavy (non-hydrogen) atoms. The number of hydrogen-bond acceptors (Lipinski definition) is 3. The largest absolute Gasteiger partial charge is 0.497 e. The summed E-state index contributed by atoms with van der Waals surface area (Å²) < 4.78 is 35.2. The Labute approximate surface area is 172 Å². The van der Waals surface area contributed by atoms with Crippen LogP contribution in [0.4, 0.5) is 8.78 Å². The molecule has 0 unspecified atom stereocenters. The highest BCUT2D eigenvalue weighted by molar-refractivity contribution is 5.95. The first kappa shape index (κ1) is 18.8. The van der Waals surface area contributed by atoms with Crippen molar-refractivity contribution in [2.45, 2.75) is 31.3 Å². The van der Waals surface area contributed by atoms with Crippen LogP contribution in [-0.2, 0) is 13.5 Å². The van der Waals surface area contributed by atoms with Crippen molar-refractivity contribution in [3.05, 3.63) is 70.9 Å². The molecule has 2 atom stereocenters. The van der Waals surface area contributed by atoms with Gasteiger partial charge in [0.2, 0.25) is 0 Å². The Kier molecular flexibility index (Phi) is 4.34. The van der Waals surface area contributed by atoms with E-state index in [0.29, 0.717) is 23.4 Å². The Morgan fingerprint density at radius 1 is 1.17 bits per heavy atom. The maximum Gasteiger partial charge on any atom is 0.254 e. The average Bonchev–Trinajstić information content (AvgIpc) is 3.25. The van der Waals surface area contributed by atoms with Crippen LogP contribution in [0, 0.1) is 11.6 Å². The van der Waals surface area contributed by atoms with Crippen LogP contribution in [0.2, 0.25) is 0 Å². The van der Waals surface area contributed by atoms with Crippen LogP contribution in [0.3, 0.4) is 0 Å². The minimum absolute atomic E-state index is 0.000714. The lowest BCUT2D eigenvalue weighted by Crippen LogP contribution is -2.41. The van der Waals surface area contributed by atoms with Crippen molar-refractivity contribution in [2.75, 3.05) is 7.11 Å². The van der Waals surface area contributed by atoms with E-state index in [-0.39, 0.29) is 23.6 Å². The van der Waals surface area contributed by atoms with E-state index in [0.717, 1.165) is 36.2 Å². The van der Waals surface area contributed by atoms with Gasteiger partial charge in [0.05, 0.1) is 24.5 Å². The van der Waals surface area contributed by atoms with Gasteiger partial charge in [-0.25, -0.2) is 8.78 Å². The summed E-state index contributed by atoms with van der Waals surface area (Å²) in [6.45, 7) is 0. The van der Waals surface area contributed by atoms with Gasteiger partial charge in [-0.05, 0) is 55.7 Å². The van der Waals surface area contributed by atoms with Crippen molar-refractivity contribution in [1.29, 1.82) is 0 Å². The SMILES string of the molecule is COc1cccc(C(=O)N2[C@@H]3CC[C@H]2c2nn(C)c(-c4cc(F)ccc4F)c2C3)c1. The fraction of sp³-hybridized carbons (Fsp3) is 0.304. The fourth-order valence-electron chi connectivity index (χ4n) is 4.87. The summed E-state index contributed by atoms with van der Waals surface area (Å²) in [6.07, 6.45) is 2.22. The van der Waals surface area contributed by atoms with E-state index in [2.05, 4.69) is 5.10 Å². The fourth-order valence-corrected chi connectivity index (χ4v) is 4.87. The van der Waals surface area contributed by atoms with Crippen molar-refractivity contribution < 1.29 is 18.3 Å². The van der Waals surface area contributed by atoms with Crippen molar-refractivity contribution in [3.8, 4) is 17.0 Å². The number of carbonyl (C=O) groups is 1. The number of fused-ring (bicyclic) bond motifs is 4. The summed E-state index contributed by atoms with van der Waals surface area (Å²) in [5.74, 6) is -0.400. The van der Waals surface area contributed by atoms with Crippen LogP contribution in [0.15, 0.2) is 42.5 Å². The standard InChI is InChI=1S/C23H21F2N3O2/c1-27-22(17-11-14(24)6-8-19(17)25)18-12-15-7-9-20(21(18)26-27)28(15)23(29)13-4-3-5-16(10-13)30-2/h3-6,8,10-11,15,20H,7,9,12H2,1-2H3/t15-,20+/m1/s1. The molecule has 0 saturated carbocycles. The number of carbonyl (C=O) groups excluding carboxylic acids is 1. The third-order valence-electron chi connectivity index (χ3n) is 6.17. The molecule has 2 bridgehead atoms. The number of aromatic nitrogens is 2. The highest BCUT2D eigenvalue weighted by Gasteiger charge is 2.46. The van der Waals surface area contributed by atoms with Gasteiger partial charge < -0.3 is 9.64 Å². The van der Waals surface area contributed by atoms with Crippen LogP contribution >= 0.6 is 0 Å². The Morgan fingerprint density at radius 3 is 2.80 bits per heavy atom. The summed E-state index contributed by atoms with van der Waals surface area (Å²) in [7, 11) is 3.31. The Balaban J connectivity index is 1.56. The number of benzene rings is 2. The minimum Gasteiger partial charge on any atom is -0.497 e. The molecule has 0 N–H and O–H groups in total. The zero-order valence-electron chi connectivity index (χ0n) is 16.7. The molecule has 5 nitrogen and oxygen atoms in total. The second-order valence-electron chi connectivity index (χ2n) is 7.86. The molecule has 1 amide bonds. The number of nitrogens with zero attached hydrogens (tertiary/aromatic N) is 3. The molecule has 2 aliphatic rings. The summed E-state index contributed by atoms with van der Waals surface area (Å²) in [4.78, 5) is 15.2. The molecule has 5 rings (SSSR count). The van der Waals surface area contributed by atoms with Crippen molar-refractivity contribution in [1.82, 2.24) is 14.7 Å². The Morgan fingerprint density at radius 2 is 2.00 bits per heavy atom. The highest BCUT2D eigenvalue weighted by Crippen LogP contribution is 2.47. The Bertz CT molecular complexity index is 1160. The van der Waals surface area contributed by atoms with Gasteiger partial charge in [-0.2, -0.15) is 5.10 Å². The normalized spacial score (nSPS) is 19.7. The second-order valence-corrected chi connectivity index (χ2v) is 7.86. The van der Waals surface area contributed by atoms with Crippen LogP contribution in [0.5, 0.6) is 5.75 Å². The predicted octanol–water partition coefficient (Wildman–Crippen LogP) is 4.28. The van der Waals surface area contributed by atoms with Crippen LogP contribution < -0.4 is 4.74 Å². The number of methoxy groups -OCH3 is 1. The van der Waals surface area contributed by atoms with E-state index in [4.69, 9.17) is 4.74 Å². The molecule has 154 valence electrons. The number of rotatable bonds is 3. The van der Waals surface area contributed by atoms with Gasteiger partial charge in [-0.15, -0.1) is 0 Å². The van der Waals surface area contributed by atoms with E-state index < -0.39 is 11.6 Å². The lowest BCUT2D eigenvalue weighted by atomic mass is 9.94. The monoisotopic (exact) mass is 409 g/mol. The van der Waals surface area contributed by atoms with E-state index in [1.165, 1.54) is 6.07 Å². The van der Waals surface area contributed by atoms with Crippen LogP contribution in [0.25, 0.3) is 11.3 Å². The third-order valence-corrected chi connectivity index (χ3v) is 6.17. The number of aryl methyl sites for hydroxylation is 1. The second kappa shape index (κ2) is 6.93. The highest BCUT2D eigenvalue weighted by atomic mass is 19.1. The summed E-state index contributed by atoms with van der Waals surface area (Å²) in [5, 5.41) is 4.65. The number of ether oxygens (including phenoxy) is 1. The molecule has 0 spiro atoms. The van der Waals surface area contributed by atoms with Gasteiger partial charge in [-0.1, -0.05) is 6.07 Å². The quantitative estimate of drug-likeness (QED) is 0.649. The van der Waals surface area contributed by atoms with Gasteiger partial charge in [0.25, 0.3) is 5.91 Å². The predicted molar refractivity (Wildman–Crippen MR) is 107 cm³/mol.